The van der Waals surface area contributed by atoms with Crippen LogP contribution in [-0.4, -0.2) is 13.0 Å². The summed E-state index contributed by atoms with van der Waals surface area (Å²) in [7, 11) is 1.50. The average Bonchev–Trinajstić information content (AvgIpc) is 2.46. The number of nitrogens with one attached hydrogen (secondary N) is 1. The van der Waals surface area contributed by atoms with E-state index < -0.39 is 0 Å². The maximum atomic E-state index is 12.3. The second-order valence-corrected chi connectivity index (χ2v) is 5.41. The summed E-state index contributed by atoms with van der Waals surface area (Å²) in [4.78, 5) is 12.3. The summed E-state index contributed by atoms with van der Waals surface area (Å²) in [6, 6.07) is 12.4. The molecular formula is C16H13BrN2O2. The number of methoxy groups -OCH3 is 1. The Morgan fingerprint density at radius 2 is 2.05 bits per heavy atom. The third kappa shape index (κ3) is 3.61. The molecule has 4 nitrogen and oxygen atoms in total. The van der Waals surface area contributed by atoms with Gasteiger partial charge in [-0.25, -0.2) is 0 Å². The summed E-state index contributed by atoms with van der Waals surface area (Å²) < 4.78 is 6.04. The van der Waals surface area contributed by atoms with Gasteiger partial charge in [0, 0.05) is 16.1 Å². The lowest BCUT2D eigenvalue weighted by molar-refractivity contribution is 0.102. The van der Waals surface area contributed by atoms with E-state index in [1.807, 2.05) is 19.1 Å². The highest BCUT2D eigenvalue weighted by atomic mass is 79.9. The Morgan fingerprint density at radius 1 is 1.29 bits per heavy atom. The van der Waals surface area contributed by atoms with Gasteiger partial charge >= 0.3 is 0 Å². The third-order valence-corrected chi connectivity index (χ3v) is 3.34. The van der Waals surface area contributed by atoms with E-state index in [2.05, 4.69) is 21.2 Å². The molecule has 0 saturated heterocycles. The second kappa shape index (κ2) is 6.42. The van der Waals surface area contributed by atoms with Crippen LogP contribution in [0.4, 0.5) is 5.69 Å². The smallest absolute Gasteiger partial charge is 0.255 e. The van der Waals surface area contributed by atoms with Crippen molar-refractivity contribution in [3.63, 3.8) is 0 Å². The predicted molar refractivity (Wildman–Crippen MR) is 84.5 cm³/mol. The summed E-state index contributed by atoms with van der Waals surface area (Å²) in [5.41, 5.74) is 2.54. The van der Waals surface area contributed by atoms with Gasteiger partial charge in [-0.15, -0.1) is 0 Å². The number of hydrogen-bond donors (Lipinski definition) is 1. The first-order chi connectivity index (χ1) is 10.0. The largest absolute Gasteiger partial charge is 0.495 e. The van der Waals surface area contributed by atoms with Gasteiger partial charge in [-0.2, -0.15) is 5.26 Å². The van der Waals surface area contributed by atoms with Crippen LogP contribution < -0.4 is 10.1 Å². The molecule has 0 bridgehead atoms. The minimum absolute atomic E-state index is 0.234. The zero-order valence-electron chi connectivity index (χ0n) is 11.6. The quantitative estimate of drug-likeness (QED) is 0.918. The minimum Gasteiger partial charge on any atom is -0.495 e. The zero-order valence-corrected chi connectivity index (χ0v) is 13.2. The number of ether oxygens (including phenoxy) is 1. The van der Waals surface area contributed by atoms with Gasteiger partial charge in [-0.3, -0.25) is 4.79 Å². The molecule has 0 unspecified atom stereocenters. The monoisotopic (exact) mass is 344 g/mol. The Kier molecular flexibility index (Phi) is 4.61. The van der Waals surface area contributed by atoms with Crippen molar-refractivity contribution in [2.24, 2.45) is 0 Å². The molecule has 0 spiro atoms. The van der Waals surface area contributed by atoms with E-state index in [1.54, 1.807) is 30.3 Å². The van der Waals surface area contributed by atoms with Crippen LogP contribution in [0.15, 0.2) is 40.9 Å². The summed E-state index contributed by atoms with van der Waals surface area (Å²) in [6.45, 7) is 1.92. The van der Waals surface area contributed by atoms with E-state index >= 15 is 0 Å². The minimum atomic E-state index is -0.234. The molecular weight excluding hydrogens is 332 g/mol. The van der Waals surface area contributed by atoms with Crippen LogP contribution in [0.3, 0.4) is 0 Å². The number of hydrogen-bond acceptors (Lipinski definition) is 3. The zero-order chi connectivity index (χ0) is 15.4. The number of carbonyl (C=O) groups is 1. The van der Waals surface area contributed by atoms with Gasteiger partial charge in [-0.05, 0) is 42.8 Å². The van der Waals surface area contributed by atoms with Gasteiger partial charge in [-0.1, -0.05) is 15.9 Å². The van der Waals surface area contributed by atoms with Crippen molar-refractivity contribution in [1.29, 1.82) is 5.26 Å². The molecule has 0 atom stereocenters. The van der Waals surface area contributed by atoms with Gasteiger partial charge in [0.2, 0.25) is 0 Å². The van der Waals surface area contributed by atoms with Crippen molar-refractivity contribution in [3.05, 3.63) is 57.6 Å². The average molecular weight is 345 g/mol. The maximum absolute atomic E-state index is 12.3. The van der Waals surface area contributed by atoms with E-state index in [9.17, 15) is 4.79 Å². The predicted octanol–water partition coefficient (Wildman–Crippen LogP) is 3.89. The van der Waals surface area contributed by atoms with E-state index in [0.717, 1.165) is 10.0 Å². The molecule has 1 amide bonds. The number of anilines is 1. The van der Waals surface area contributed by atoms with Crippen LogP contribution in [0.5, 0.6) is 5.75 Å². The molecule has 0 aliphatic carbocycles. The lowest BCUT2D eigenvalue weighted by Gasteiger charge is -2.11. The van der Waals surface area contributed by atoms with Gasteiger partial charge in [0.25, 0.3) is 5.91 Å². The lowest BCUT2D eigenvalue weighted by atomic mass is 10.1. The highest BCUT2D eigenvalue weighted by Crippen LogP contribution is 2.26. The summed E-state index contributed by atoms with van der Waals surface area (Å²) in [5.74, 6) is 0.219. The highest BCUT2D eigenvalue weighted by molar-refractivity contribution is 9.10. The third-order valence-electron chi connectivity index (χ3n) is 2.88. The highest BCUT2D eigenvalue weighted by Gasteiger charge is 2.11. The standard InChI is InChI=1S/C16H13BrN2O2/c1-10-5-12(8-13(17)6-10)16(20)19-14-4-3-11(9-18)7-15(14)21-2/h3-8H,1-2H3,(H,19,20). The molecule has 2 rings (SSSR count). The Hall–Kier alpha value is -2.32. The molecule has 0 aliphatic heterocycles. The number of benzene rings is 2. The lowest BCUT2D eigenvalue weighted by Crippen LogP contribution is -2.13. The van der Waals surface area contributed by atoms with Crippen molar-refractivity contribution in [3.8, 4) is 11.8 Å². The number of amides is 1. The van der Waals surface area contributed by atoms with E-state index in [4.69, 9.17) is 10.00 Å². The molecule has 0 aliphatic rings. The van der Waals surface area contributed by atoms with Gasteiger partial charge in [0.1, 0.15) is 5.75 Å². The molecule has 106 valence electrons. The maximum Gasteiger partial charge on any atom is 0.255 e. The van der Waals surface area contributed by atoms with Crippen LogP contribution in [0.1, 0.15) is 21.5 Å². The Labute approximate surface area is 131 Å². The fourth-order valence-corrected chi connectivity index (χ4v) is 2.53. The van der Waals surface area contributed by atoms with Crippen LogP contribution in [0.2, 0.25) is 0 Å². The number of nitriles is 1. The fourth-order valence-electron chi connectivity index (χ4n) is 1.93. The van der Waals surface area contributed by atoms with Gasteiger partial charge in [0.15, 0.2) is 0 Å². The molecule has 0 heterocycles. The number of halogens is 1. The molecule has 1 N–H and O–H groups in total. The van der Waals surface area contributed by atoms with Gasteiger partial charge in [0.05, 0.1) is 24.4 Å². The first-order valence-electron chi connectivity index (χ1n) is 6.20. The van der Waals surface area contributed by atoms with E-state index in [-0.39, 0.29) is 5.91 Å². The molecule has 0 saturated carbocycles. The normalized spacial score (nSPS) is 9.81. The number of aryl methyl sites for hydroxylation is 1. The first kappa shape index (κ1) is 15.1. The Morgan fingerprint density at radius 3 is 2.67 bits per heavy atom. The first-order valence-corrected chi connectivity index (χ1v) is 6.99. The summed E-state index contributed by atoms with van der Waals surface area (Å²) in [6.07, 6.45) is 0. The van der Waals surface area contributed by atoms with E-state index in [0.29, 0.717) is 22.6 Å². The molecule has 2 aromatic carbocycles. The van der Waals surface area contributed by atoms with Crippen molar-refractivity contribution < 1.29 is 9.53 Å². The van der Waals surface area contributed by atoms with E-state index in [1.165, 1.54) is 7.11 Å². The van der Waals surface area contributed by atoms with Crippen molar-refractivity contribution in [1.82, 2.24) is 0 Å². The van der Waals surface area contributed by atoms with Crippen molar-refractivity contribution in [2.75, 3.05) is 12.4 Å². The Balaban J connectivity index is 2.29. The van der Waals surface area contributed by atoms with Crippen LogP contribution in [-0.2, 0) is 0 Å². The van der Waals surface area contributed by atoms with Crippen LogP contribution >= 0.6 is 15.9 Å². The molecule has 21 heavy (non-hydrogen) atoms. The number of rotatable bonds is 3. The molecule has 0 aromatic heterocycles. The molecule has 2 aromatic rings. The summed E-state index contributed by atoms with van der Waals surface area (Å²) in [5, 5.41) is 11.7. The molecule has 5 heteroatoms. The molecule has 0 fully saturated rings. The van der Waals surface area contributed by atoms with Crippen LogP contribution in [0.25, 0.3) is 0 Å². The van der Waals surface area contributed by atoms with Crippen molar-refractivity contribution >= 4 is 27.5 Å². The van der Waals surface area contributed by atoms with Crippen LogP contribution in [0, 0.1) is 18.3 Å². The van der Waals surface area contributed by atoms with Gasteiger partial charge < -0.3 is 10.1 Å². The number of nitrogens with zero attached hydrogens (tertiary/aromatic N) is 1. The SMILES string of the molecule is COc1cc(C#N)ccc1NC(=O)c1cc(C)cc(Br)c1. The second-order valence-electron chi connectivity index (χ2n) is 4.50. The number of carbonyl (C=O) groups excluding carboxylic acids is 1. The topological polar surface area (TPSA) is 62.1 Å². The molecule has 0 radical (unpaired) electrons. The Bertz CT molecular complexity index is 715. The van der Waals surface area contributed by atoms with Crippen molar-refractivity contribution in [2.45, 2.75) is 6.92 Å². The fraction of sp³-hybridized carbons (Fsp3) is 0.125. The summed E-state index contributed by atoms with van der Waals surface area (Å²) >= 11 is 3.37.